The molecule has 1 heterocycles. The summed E-state index contributed by atoms with van der Waals surface area (Å²) in [6.45, 7) is 7.65. The quantitative estimate of drug-likeness (QED) is 0.390. The van der Waals surface area contributed by atoms with Crippen LogP contribution < -0.4 is 10.9 Å². The minimum atomic E-state index is -0.877. The number of benzene rings is 3. The lowest BCUT2D eigenvalue weighted by molar-refractivity contribution is 0.193. The Bertz CT molecular complexity index is 1480. The number of aryl methyl sites for hydroxylation is 2. The Hall–Kier alpha value is -4.07. The Morgan fingerprint density at radius 1 is 1.09 bits per heavy atom. The third-order valence-corrected chi connectivity index (χ3v) is 6.02. The second kappa shape index (κ2) is 9.66. The minimum absolute atomic E-state index is 0.138. The topological polar surface area (TPSA) is 67.2 Å². The van der Waals surface area contributed by atoms with Crippen molar-refractivity contribution in [3.8, 4) is 5.69 Å². The summed E-state index contributed by atoms with van der Waals surface area (Å²) >= 11 is 0. The van der Waals surface area contributed by atoms with Crippen LogP contribution in [0, 0.1) is 25.5 Å². The van der Waals surface area contributed by atoms with Gasteiger partial charge < -0.3 is 10.2 Å². The van der Waals surface area contributed by atoms with Gasteiger partial charge in [-0.05, 0) is 69.2 Å². The number of carbonyl (C=O) groups excluding carboxylic acids is 1. The molecule has 1 aromatic heterocycles. The molecule has 6 nitrogen and oxygen atoms in total. The van der Waals surface area contributed by atoms with Crippen molar-refractivity contribution >= 4 is 22.6 Å². The van der Waals surface area contributed by atoms with Crippen molar-refractivity contribution in [2.45, 2.75) is 33.7 Å². The Morgan fingerprint density at radius 3 is 2.54 bits per heavy atom. The molecule has 0 aliphatic carbocycles. The maximum Gasteiger partial charge on any atom is 0.322 e. The van der Waals surface area contributed by atoms with Crippen LogP contribution in [0.2, 0.25) is 0 Å². The maximum absolute atomic E-state index is 14.2. The fourth-order valence-corrected chi connectivity index (χ4v) is 4.13. The zero-order chi connectivity index (χ0) is 25.3. The van der Waals surface area contributed by atoms with Gasteiger partial charge in [-0.3, -0.25) is 9.36 Å². The zero-order valence-corrected chi connectivity index (χ0v) is 20.0. The van der Waals surface area contributed by atoms with E-state index < -0.39 is 23.7 Å². The van der Waals surface area contributed by atoms with Gasteiger partial charge in [-0.2, -0.15) is 0 Å². The number of fused-ring (bicyclic) bond motifs is 1. The number of amides is 2. The van der Waals surface area contributed by atoms with Crippen LogP contribution in [-0.2, 0) is 0 Å². The van der Waals surface area contributed by atoms with Crippen LogP contribution in [0.15, 0.2) is 65.5 Å². The number of carbonyl (C=O) groups is 1. The van der Waals surface area contributed by atoms with Crippen LogP contribution in [0.3, 0.4) is 0 Å². The molecule has 180 valence electrons. The highest BCUT2D eigenvalue weighted by Crippen LogP contribution is 2.26. The molecule has 0 fully saturated rings. The highest BCUT2D eigenvalue weighted by atomic mass is 19.1. The first-order valence-corrected chi connectivity index (χ1v) is 11.3. The summed E-state index contributed by atoms with van der Waals surface area (Å²) in [6, 6.07) is 14.6. The standard InChI is InChI=1S/C27H26F2N4O2/c1-5-32(27(35)31-23-13-12-19(28)15-21(23)29)18(4)25-30-22-9-7-6-8-20(22)26(34)33(25)24-14-16(2)10-11-17(24)3/h6-15,18H,5H2,1-4H3,(H,31,35). The van der Waals surface area contributed by atoms with E-state index in [2.05, 4.69) is 5.32 Å². The van der Waals surface area contributed by atoms with Crippen molar-refractivity contribution in [1.82, 2.24) is 14.5 Å². The first-order valence-electron chi connectivity index (χ1n) is 11.3. The van der Waals surface area contributed by atoms with Crippen molar-refractivity contribution in [1.29, 1.82) is 0 Å². The van der Waals surface area contributed by atoms with Crippen molar-refractivity contribution in [3.63, 3.8) is 0 Å². The third-order valence-electron chi connectivity index (χ3n) is 6.02. The van der Waals surface area contributed by atoms with Gasteiger partial charge in [-0.25, -0.2) is 18.6 Å². The number of nitrogens with zero attached hydrogens (tertiary/aromatic N) is 3. The molecule has 0 aliphatic heterocycles. The first kappa shape index (κ1) is 24.1. The van der Waals surface area contributed by atoms with Gasteiger partial charge in [0.15, 0.2) is 0 Å². The average Bonchev–Trinajstić information content (AvgIpc) is 2.83. The number of nitrogens with one attached hydrogen (secondary N) is 1. The largest absolute Gasteiger partial charge is 0.322 e. The number of halogens is 2. The highest BCUT2D eigenvalue weighted by molar-refractivity contribution is 5.89. The number of aromatic nitrogens is 2. The highest BCUT2D eigenvalue weighted by Gasteiger charge is 2.27. The van der Waals surface area contributed by atoms with Gasteiger partial charge in [0.1, 0.15) is 17.5 Å². The second-order valence-electron chi connectivity index (χ2n) is 8.43. The lowest BCUT2D eigenvalue weighted by atomic mass is 10.1. The first-order chi connectivity index (χ1) is 16.7. The maximum atomic E-state index is 14.2. The minimum Gasteiger partial charge on any atom is -0.315 e. The van der Waals surface area contributed by atoms with E-state index >= 15 is 0 Å². The van der Waals surface area contributed by atoms with Crippen molar-refractivity contribution in [2.24, 2.45) is 0 Å². The second-order valence-corrected chi connectivity index (χ2v) is 8.43. The molecular formula is C27H26F2N4O2. The molecule has 1 atom stereocenters. The number of para-hydroxylation sites is 1. The Kier molecular flexibility index (Phi) is 6.64. The summed E-state index contributed by atoms with van der Waals surface area (Å²) in [7, 11) is 0. The summed E-state index contributed by atoms with van der Waals surface area (Å²) in [4.78, 5) is 33.1. The molecule has 1 N–H and O–H groups in total. The lowest BCUT2D eigenvalue weighted by Gasteiger charge is -2.30. The van der Waals surface area contributed by atoms with Gasteiger partial charge in [0.25, 0.3) is 5.56 Å². The van der Waals surface area contributed by atoms with Crippen LogP contribution >= 0.6 is 0 Å². The monoisotopic (exact) mass is 476 g/mol. The molecule has 0 aliphatic rings. The molecule has 4 aromatic rings. The van der Waals surface area contributed by atoms with E-state index in [-0.39, 0.29) is 17.8 Å². The molecule has 0 bridgehead atoms. The van der Waals surface area contributed by atoms with Crippen LogP contribution in [0.4, 0.5) is 19.3 Å². The molecule has 8 heteroatoms. The Morgan fingerprint density at radius 2 is 1.83 bits per heavy atom. The average molecular weight is 477 g/mol. The third kappa shape index (κ3) is 4.64. The van der Waals surface area contributed by atoms with E-state index in [0.717, 1.165) is 17.2 Å². The van der Waals surface area contributed by atoms with Gasteiger partial charge in [0, 0.05) is 12.6 Å². The summed E-state index contributed by atoms with van der Waals surface area (Å²) in [5, 5.41) is 2.96. The van der Waals surface area contributed by atoms with E-state index in [9.17, 15) is 18.4 Å². The van der Waals surface area contributed by atoms with E-state index in [1.54, 1.807) is 42.7 Å². The molecule has 4 rings (SSSR count). The normalized spacial score (nSPS) is 11.9. The zero-order valence-electron chi connectivity index (χ0n) is 20.0. The fraction of sp³-hybridized carbons (Fsp3) is 0.222. The predicted molar refractivity (Wildman–Crippen MR) is 133 cm³/mol. The van der Waals surface area contributed by atoms with Gasteiger partial charge >= 0.3 is 6.03 Å². The van der Waals surface area contributed by atoms with Crippen LogP contribution in [-0.4, -0.2) is 27.0 Å². The molecule has 35 heavy (non-hydrogen) atoms. The summed E-state index contributed by atoms with van der Waals surface area (Å²) in [5.74, 6) is -1.24. The molecule has 0 saturated heterocycles. The van der Waals surface area contributed by atoms with Crippen molar-refractivity contribution in [2.75, 3.05) is 11.9 Å². The van der Waals surface area contributed by atoms with E-state index in [1.165, 1.54) is 11.0 Å². The number of hydrogen-bond acceptors (Lipinski definition) is 3. The van der Waals surface area contributed by atoms with Gasteiger partial charge in [-0.1, -0.05) is 24.3 Å². The molecular weight excluding hydrogens is 450 g/mol. The summed E-state index contributed by atoms with van der Waals surface area (Å²) in [5.41, 5.74) is 2.66. The van der Waals surface area contributed by atoms with Gasteiger partial charge in [0.2, 0.25) is 0 Å². The van der Waals surface area contributed by atoms with Crippen molar-refractivity contribution < 1.29 is 13.6 Å². The molecule has 2 amide bonds. The summed E-state index contributed by atoms with van der Waals surface area (Å²) < 4.78 is 29.0. The molecule has 0 radical (unpaired) electrons. The molecule has 0 spiro atoms. The molecule has 3 aromatic carbocycles. The number of urea groups is 1. The predicted octanol–water partition coefficient (Wildman–Crippen LogP) is 5.90. The summed E-state index contributed by atoms with van der Waals surface area (Å²) in [6.07, 6.45) is 0. The Labute approximate surface area is 201 Å². The van der Waals surface area contributed by atoms with Crippen LogP contribution in [0.1, 0.15) is 36.8 Å². The van der Waals surface area contributed by atoms with Gasteiger partial charge in [0.05, 0.1) is 28.3 Å². The number of rotatable bonds is 5. The van der Waals surface area contributed by atoms with Gasteiger partial charge in [-0.15, -0.1) is 0 Å². The van der Waals surface area contributed by atoms with Crippen LogP contribution in [0.5, 0.6) is 0 Å². The van der Waals surface area contributed by atoms with Crippen molar-refractivity contribution in [3.05, 3.63) is 99.6 Å². The number of anilines is 1. The smallest absolute Gasteiger partial charge is 0.315 e. The SMILES string of the molecule is CCN(C(=O)Nc1ccc(F)cc1F)C(C)c1nc2ccccc2c(=O)n1-c1cc(C)ccc1C. The number of hydrogen-bond donors (Lipinski definition) is 1. The van der Waals surface area contributed by atoms with E-state index in [4.69, 9.17) is 4.98 Å². The molecule has 0 saturated carbocycles. The van der Waals surface area contributed by atoms with E-state index in [1.807, 2.05) is 32.0 Å². The van der Waals surface area contributed by atoms with Crippen LogP contribution in [0.25, 0.3) is 16.6 Å². The molecule has 1 unspecified atom stereocenters. The Balaban J connectivity index is 1.84. The lowest BCUT2D eigenvalue weighted by Crippen LogP contribution is -2.40. The van der Waals surface area contributed by atoms with E-state index in [0.29, 0.717) is 28.5 Å². The fourth-order valence-electron chi connectivity index (χ4n) is 4.13.